The Labute approximate surface area is 192 Å². The number of amides is 1. The van der Waals surface area contributed by atoms with Gasteiger partial charge in [0.25, 0.3) is 11.5 Å². The fourth-order valence-electron chi connectivity index (χ4n) is 3.29. The number of benzene rings is 1. The standard InChI is InChI=1S/C20H23N7O7/c21-20-25-16-15(18(32)26-20)27(9-28)12(8-23-16)7-22-11-3-1-10(2-4-11)17(31)24-13(19(33)34)5-6-14(29)30/h1-4,8,12-13,22,28H,5-7,9H2,(H,24,31)(H,29,30)(H,33,34)(H3,21,25,26,32)/t12-,13-/m0/s1. The summed E-state index contributed by atoms with van der Waals surface area (Å²) >= 11 is 0. The molecular weight excluding hydrogens is 450 g/mol. The van der Waals surface area contributed by atoms with Crippen LogP contribution in [0, 0.1) is 0 Å². The Hall–Kier alpha value is -4.46. The third-order valence-corrected chi connectivity index (χ3v) is 5.02. The van der Waals surface area contributed by atoms with E-state index in [0.29, 0.717) is 5.69 Å². The number of aliphatic hydroxyl groups excluding tert-OH is 1. The van der Waals surface area contributed by atoms with Crippen molar-refractivity contribution in [3.05, 3.63) is 40.2 Å². The molecule has 3 rings (SSSR count). The van der Waals surface area contributed by atoms with E-state index >= 15 is 0 Å². The minimum absolute atomic E-state index is 0.0870. The summed E-state index contributed by atoms with van der Waals surface area (Å²) in [5, 5.41) is 33.1. The van der Waals surface area contributed by atoms with Crippen LogP contribution in [0.25, 0.3) is 0 Å². The predicted octanol–water partition coefficient (Wildman–Crippen LogP) is -0.647. The number of aromatic nitrogens is 2. The van der Waals surface area contributed by atoms with E-state index in [-0.39, 0.29) is 36.0 Å². The van der Waals surface area contributed by atoms with Gasteiger partial charge >= 0.3 is 11.9 Å². The molecule has 1 aromatic heterocycles. The summed E-state index contributed by atoms with van der Waals surface area (Å²) in [6.45, 7) is -0.221. The van der Waals surface area contributed by atoms with Crippen LogP contribution in [0.5, 0.6) is 0 Å². The maximum absolute atomic E-state index is 12.3. The Kier molecular flexibility index (Phi) is 7.43. The number of rotatable bonds is 10. The number of carbonyl (C=O) groups is 3. The van der Waals surface area contributed by atoms with E-state index in [1.807, 2.05) is 0 Å². The smallest absolute Gasteiger partial charge is 0.326 e. The second kappa shape index (κ2) is 10.4. The maximum Gasteiger partial charge on any atom is 0.326 e. The highest BCUT2D eigenvalue weighted by Gasteiger charge is 2.27. The summed E-state index contributed by atoms with van der Waals surface area (Å²) in [4.78, 5) is 58.4. The van der Waals surface area contributed by atoms with E-state index in [0.717, 1.165) is 0 Å². The number of nitrogens with two attached hydrogens (primary N) is 1. The molecule has 34 heavy (non-hydrogen) atoms. The highest BCUT2D eigenvalue weighted by molar-refractivity contribution is 5.97. The van der Waals surface area contributed by atoms with Gasteiger partial charge < -0.3 is 36.6 Å². The number of aliphatic hydroxyl groups is 1. The molecule has 0 saturated carbocycles. The third-order valence-electron chi connectivity index (χ3n) is 5.02. The number of hydrogen-bond acceptors (Lipinski definition) is 10. The lowest BCUT2D eigenvalue weighted by molar-refractivity contribution is -0.140. The molecule has 0 radical (unpaired) electrons. The zero-order valence-corrected chi connectivity index (χ0v) is 17.8. The zero-order chi connectivity index (χ0) is 24.8. The SMILES string of the molecule is Nc1nc2c(c(=O)[nH]1)N(CO)[C@@H](CNc1ccc(C(=O)N[C@@H](CCC(=O)O)C(=O)O)cc1)C=N2. The Balaban J connectivity index is 1.63. The van der Waals surface area contributed by atoms with Gasteiger partial charge in [0.15, 0.2) is 11.5 Å². The topological polar surface area (TPSA) is 223 Å². The number of nitrogens with zero attached hydrogens (tertiary/aromatic N) is 3. The van der Waals surface area contributed by atoms with Crippen LogP contribution in [0.3, 0.4) is 0 Å². The lowest BCUT2D eigenvalue weighted by Crippen LogP contribution is -2.46. The zero-order valence-electron chi connectivity index (χ0n) is 17.8. The molecule has 180 valence electrons. The van der Waals surface area contributed by atoms with Gasteiger partial charge in [0.1, 0.15) is 12.8 Å². The second-order valence-electron chi connectivity index (χ2n) is 7.34. The number of fused-ring (bicyclic) bond motifs is 1. The van der Waals surface area contributed by atoms with Gasteiger partial charge in [0.2, 0.25) is 5.95 Å². The van der Waals surface area contributed by atoms with Crippen molar-refractivity contribution in [1.29, 1.82) is 0 Å². The Bertz CT molecular complexity index is 1160. The van der Waals surface area contributed by atoms with Crippen LogP contribution < -0.4 is 26.8 Å². The van der Waals surface area contributed by atoms with Gasteiger partial charge in [0, 0.05) is 30.4 Å². The van der Waals surface area contributed by atoms with Crippen molar-refractivity contribution in [2.24, 2.45) is 4.99 Å². The summed E-state index contributed by atoms with van der Waals surface area (Å²) in [6, 6.07) is 4.31. The number of hydrogen-bond donors (Lipinski definition) is 7. The molecule has 0 spiro atoms. The molecular formula is C20H23N7O7. The number of carboxylic acids is 2. The highest BCUT2D eigenvalue weighted by Crippen LogP contribution is 2.27. The summed E-state index contributed by atoms with van der Waals surface area (Å²) in [7, 11) is 0. The number of nitrogens with one attached hydrogen (secondary N) is 3. The molecule has 1 aromatic carbocycles. The van der Waals surface area contributed by atoms with E-state index in [1.165, 1.54) is 23.2 Å². The quantitative estimate of drug-likeness (QED) is 0.229. The van der Waals surface area contributed by atoms with Crippen molar-refractivity contribution < 1.29 is 29.7 Å². The van der Waals surface area contributed by atoms with Crippen molar-refractivity contribution in [2.45, 2.75) is 24.9 Å². The number of aliphatic imine (C=N–C) groups is 1. The Morgan fingerprint density at radius 3 is 2.53 bits per heavy atom. The van der Waals surface area contributed by atoms with Gasteiger partial charge in [-0.05, 0) is 30.7 Å². The van der Waals surface area contributed by atoms with Crippen LogP contribution >= 0.6 is 0 Å². The first-order chi connectivity index (χ1) is 16.2. The van der Waals surface area contributed by atoms with Crippen molar-refractivity contribution in [1.82, 2.24) is 15.3 Å². The lowest BCUT2D eigenvalue weighted by atomic mass is 10.1. The number of H-pyrrole nitrogens is 1. The number of carbonyl (C=O) groups excluding carboxylic acids is 1. The van der Waals surface area contributed by atoms with Gasteiger partial charge in [0.05, 0.1) is 6.04 Å². The second-order valence-corrected chi connectivity index (χ2v) is 7.34. The fraction of sp³-hybridized carbons (Fsp3) is 0.300. The van der Waals surface area contributed by atoms with Crippen LogP contribution in [0.1, 0.15) is 23.2 Å². The van der Waals surface area contributed by atoms with Crippen molar-refractivity contribution >= 4 is 47.2 Å². The monoisotopic (exact) mass is 473 g/mol. The van der Waals surface area contributed by atoms with Gasteiger partial charge in [-0.3, -0.25) is 19.4 Å². The first-order valence-electron chi connectivity index (χ1n) is 10.1. The number of carboxylic acid groups (broad SMARTS) is 2. The van der Waals surface area contributed by atoms with E-state index in [2.05, 4.69) is 25.6 Å². The molecule has 0 unspecified atom stereocenters. The Morgan fingerprint density at radius 2 is 1.91 bits per heavy atom. The average molecular weight is 473 g/mol. The van der Waals surface area contributed by atoms with E-state index in [1.54, 1.807) is 12.1 Å². The molecule has 14 heteroatoms. The minimum atomic E-state index is -1.33. The number of anilines is 3. The molecule has 1 aliphatic heterocycles. The van der Waals surface area contributed by atoms with Gasteiger partial charge in [-0.15, -0.1) is 0 Å². The van der Waals surface area contributed by atoms with Crippen molar-refractivity contribution in [2.75, 3.05) is 29.2 Å². The largest absolute Gasteiger partial charge is 0.481 e. The summed E-state index contributed by atoms with van der Waals surface area (Å²) in [5.74, 6) is -3.13. The molecule has 1 aliphatic rings. The summed E-state index contributed by atoms with van der Waals surface area (Å²) < 4.78 is 0. The van der Waals surface area contributed by atoms with E-state index in [9.17, 15) is 29.4 Å². The number of aliphatic carboxylic acids is 2. The van der Waals surface area contributed by atoms with Crippen molar-refractivity contribution in [3.8, 4) is 0 Å². The Morgan fingerprint density at radius 1 is 1.21 bits per heavy atom. The molecule has 0 fully saturated rings. The summed E-state index contributed by atoms with van der Waals surface area (Å²) in [6.07, 6.45) is 0.881. The molecule has 1 amide bonds. The maximum atomic E-state index is 12.3. The minimum Gasteiger partial charge on any atom is -0.481 e. The number of aromatic amines is 1. The molecule has 2 atom stereocenters. The van der Waals surface area contributed by atoms with Crippen LogP contribution in [-0.4, -0.2) is 74.7 Å². The number of nitrogen functional groups attached to an aromatic ring is 1. The average Bonchev–Trinajstić information content (AvgIpc) is 2.79. The molecule has 2 aromatic rings. The van der Waals surface area contributed by atoms with Crippen molar-refractivity contribution in [3.63, 3.8) is 0 Å². The normalized spacial score (nSPS) is 15.3. The third kappa shape index (κ3) is 5.66. The first-order valence-corrected chi connectivity index (χ1v) is 10.1. The van der Waals surface area contributed by atoms with Crippen LogP contribution in [0.2, 0.25) is 0 Å². The molecule has 0 aliphatic carbocycles. The van der Waals surface area contributed by atoms with E-state index < -0.39 is 48.6 Å². The molecule has 0 bridgehead atoms. The molecule has 14 nitrogen and oxygen atoms in total. The van der Waals surface area contributed by atoms with Crippen LogP contribution in [-0.2, 0) is 9.59 Å². The fourth-order valence-corrected chi connectivity index (χ4v) is 3.29. The lowest BCUT2D eigenvalue weighted by Gasteiger charge is -2.32. The first kappa shape index (κ1) is 24.2. The molecule has 0 saturated heterocycles. The van der Waals surface area contributed by atoms with Gasteiger partial charge in [-0.2, -0.15) is 4.98 Å². The van der Waals surface area contributed by atoms with Gasteiger partial charge in [-0.25, -0.2) is 9.79 Å². The molecule has 2 heterocycles. The van der Waals surface area contributed by atoms with Crippen LogP contribution in [0.15, 0.2) is 34.1 Å². The summed E-state index contributed by atoms with van der Waals surface area (Å²) in [5.41, 5.74) is 5.88. The van der Waals surface area contributed by atoms with E-state index in [4.69, 9.17) is 10.8 Å². The van der Waals surface area contributed by atoms with Crippen LogP contribution in [0.4, 0.5) is 23.1 Å². The highest BCUT2D eigenvalue weighted by atomic mass is 16.4. The molecule has 8 N–H and O–H groups in total. The predicted molar refractivity (Wildman–Crippen MR) is 121 cm³/mol. The van der Waals surface area contributed by atoms with Gasteiger partial charge in [-0.1, -0.05) is 0 Å².